The summed E-state index contributed by atoms with van der Waals surface area (Å²) in [6.45, 7) is 4.00. The number of rotatable bonds is 8. The molecule has 0 aliphatic heterocycles. The molecule has 0 bridgehead atoms. The van der Waals surface area contributed by atoms with E-state index in [4.69, 9.17) is 9.84 Å². The van der Waals surface area contributed by atoms with Gasteiger partial charge >= 0.3 is 0 Å². The van der Waals surface area contributed by atoms with Gasteiger partial charge < -0.3 is 15.2 Å². The van der Waals surface area contributed by atoms with E-state index in [0.717, 1.165) is 24.5 Å². The minimum Gasteiger partial charge on any atom is -0.497 e. The van der Waals surface area contributed by atoms with Crippen LogP contribution in [0.5, 0.6) is 5.75 Å². The summed E-state index contributed by atoms with van der Waals surface area (Å²) in [6.07, 6.45) is 0.684. The average molecular weight is 266 g/mol. The van der Waals surface area contributed by atoms with Crippen LogP contribution in [0.3, 0.4) is 0 Å². The van der Waals surface area contributed by atoms with Crippen molar-refractivity contribution in [1.29, 1.82) is 0 Å². The van der Waals surface area contributed by atoms with Crippen LogP contribution >= 0.6 is 0 Å². The summed E-state index contributed by atoms with van der Waals surface area (Å²) < 4.78 is 5.06. The van der Waals surface area contributed by atoms with Gasteiger partial charge in [-0.05, 0) is 37.2 Å². The number of methoxy groups -OCH3 is 1. The van der Waals surface area contributed by atoms with Gasteiger partial charge in [0.15, 0.2) is 0 Å². The maximum absolute atomic E-state index is 11.9. The molecule has 0 fully saturated rings. The van der Waals surface area contributed by atoms with Crippen molar-refractivity contribution < 1.29 is 14.6 Å². The molecule has 19 heavy (non-hydrogen) atoms. The minimum absolute atomic E-state index is 0.0510. The minimum atomic E-state index is -0.0510. The lowest BCUT2D eigenvalue weighted by Crippen LogP contribution is -2.34. The fourth-order valence-corrected chi connectivity index (χ4v) is 1.72. The number of nitrogens with one attached hydrogen (secondary N) is 1. The van der Waals surface area contributed by atoms with Crippen LogP contribution in [-0.4, -0.2) is 49.3 Å². The van der Waals surface area contributed by atoms with Crippen LogP contribution in [0.2, 0.25) is 0 Å². The molecule has 1 amide bonds. The van der Waals surface area contributed by atoms with E-state index in [9.17, 15) is 4.79 Å². The molecule has 1 aromatic carbocycles. The first-order valence-electron chi connectivity index (χ1n) is 6.46. The molecule has 2 N–H and O–H groups in total. The van der Waals surface area contributed by atoms with Crippen molar-refractivity contribution in [1.82, 2.24) is 4.90 Å². The zero-order chi connectivity index (χ0) is 14.1. The highest BCUT2D eigenvalue weighted by atomic mass is 16.5. The molecule has 0 radical (unpaired) electrons. The number of likely N-dealkylation sites (N-methyl/N-ethyl adjacent to an activating group) is 1. The summed E-state index contributed by atoms with van der Waals surface area (Å²) in [4.78, 5) is 13.8. The van der Waals surface area contributed by atoms with Crippen LogP contribution in [0.4, 0.5) is 5.69 Å². The fraction of sp³-hybridized carbons (Fsp3) is 0.500. The van der Waals surface area contributed by atoms with Gasteiger partial charge in [-0.1, -0.05) is 6.92 Å². The van der Waals surface area contributed by atoms with Gasteiger partial charge in [-0.25, -0.2) is 0 Å². The zero-order valence-corrected chi connectivity index (χ0v) is 11.6. The first-order chi connectivity index (χ1) is 9.19. The number of nitrogens with zero attached hydrogens (tertiary/aromatic N) is 1. The molecule has 0 aliphatic carbocycles. The van der Waals surface area contributed by atoms with Crippen molar-refractivity contribution in [3.05, 3.63) is 24.3 Å². The molecule has 5 heteroatoms. The molecule has 0 saturated heterocycles. The molecule has 106 valence electrons. The quantitative estimate of drug-likeness (QED) is 0.745. The normalized spacial score (nSPS) is 10.5. The largest absolute Gasteiger partial charge is 0.497 e. The van der Waals surface area contributed by atoms with Gasteiger partial charge in [0.05, 0.1) is 13.7 Å². The van der Waals surface area contributed by atoms with E-state index in [-0.39, 0.29) is 12.5 Å². The Morgan fingerprint density at radius 3 is 2.58 bits per heavy atom. The van der Waals surface area contributed by atoms with Gasteiger partial charge in [0.25, 0.3) is 0 Å². The maximum atomic E-state index is 11.9. The molecule has 0 aliphatic rings. The van der Waals surface area contributed by atoms with Crippen molar-refractivity contribution >= 4 is 11.6 Å². The summed E-state index contributed by atoms with van der Waals surface area (Å²) in [6, 6.07) is 7.22. The zero-order valence-electron chi connectivity index (χ0n) is 11.6. The third-order valence-corrected chi connectivity index (χ3v) is 2.82. The van der Waals surface area contributed by atoms with Crippen LogP contribution in [0.15, 0.2) is 24.3 Å². The lowest BCUT2D eigenvalue weighted by Gasteiger charge is -2.19. The Hall–Kier alpha value is -1.59. The summed E-state index contributed by atoms with van der Waals surface area (Å²) in [5, 5.41) is 11.6. The Balaban J connectivity index is 2.44. The molecular weight excluding hydrogens is 244 g/mol. The molecule has 5 nitrogen and oxygen atoms in total. The number of aliphatic hydroxyl groups is 1. The Labute approximate surface area is 114 Å². The lowest BCUT2D eigenvalue weighted by atomic mass is 10.3. The number of carbonyl (C=O) groups is 1. The molecule has 0 spiro atoms. The highest BCUT2D eigenvalue weighted by Crippen LogP contribution is 2.14. The number of amides is 1. The predicted octanol–water partition coefficient (Wildman–Crippen LogP) is 1.34. The monoisotopic (exact) mass is 266 g/mol. The molecule has 0 heterocycles. The van der Waals surface area contributed by atoms with Gasteiger partial charge in [-0.2, -0.15) is 0 Å². The third-order valence-electron chi connectivity index (χ3n) is 2.82. The standard InChI is InChI=1S/C14H22N2O3/c1-3-16(9-4-10-17)11-14(18)15-12-5-7-13(19-2)8-6-12/h5-8,17H,3-4,9-11H2,1-2H3,(H,15,18). The van der Waals surface area contributed by atoms with Crippen LogP contribution in [0, 0.1) is 0 Å². The second-order valence-electron chi connectivity index (χ2n) is 4.22. The van der Waals surface area contributed by atoms with Gasteiger partial charge in [0.1, 0.15) is 5.75 Å². The maximum Gasteiger partial charge on any atom is 0.238 e. The number of carbonyl (C=O) groups excluding carboxylic acids is 1. The van der Waals surface area contributed by atoms with Crippen molar-refractivity contribution in [3.63, 3.8) is 0 Å². The van der Waals surface area contributed by atoms with E-state index in [2.05, 4.69) is 5.32 Å². The molecule has 0 unspecified atom stereocenters. The first kappa shape index (κ1) is 15.5. The Morgan fingerprint density at radius 2 is 2.05 bits per heavy atom. The summed E-state index contributed by atoms with van der Waals surface area (Å²) in [5.74, 6) is 0.709. The lowest BCUT2D eigenvalue weighted by molar-refractivity contribution is -0.117. The van der Waals surface area contributed by atoms with Gasteiger partial charge in [-0.15, -0.1) is 0 Å². The number of benzene rings is 1. The molecule has 0 aromatic heterocycles. The van der Waals surface area contributed by atoms with Gasteiger partial charge in [0, 0.05) is 18.8 Å². The van der Waals surface area contributed by atoms with E-state index in [0.29, 0.717) is 13.0 Å². The smallest absolute Gasteiger partial charge is 0.238 e. The molecule has 1 aromatic rings. The first-order valence-corrected chi connectivity index (χ1v) is 6.46. The van der Waals surface area contributed by atoms with Gasteiger partial charge in [-0.3, -0.25) is 9.69 Å². The topological polar surface area (TPSA) is 61.8 Å². The van der Waals surface area contributed by atoms with Gasteiger partial charge in [0.2, 0.25) is 5.91 Å². The number of hydrogen-bond acceptors (Lipinski definition) is 4. The van der Waals surface area contributed by atoms with Crippen molar-refractivity contribution in [2.24, 2.45) is 0 Å². The van der Waals surface area contributed by atoms with Crippen molar-refractivity contribution in [2.75, 3.05) is 38.7 Å². The van der Waals surface area contributed by atoms with E-state index in [1.807, 2.05) is 11.8 Å². The summed E-state index contributed by atoms with van der Waals surface area (Å²) in [7, 11) is 1.61. The molecule has 0 saturated carbocycles. The van der Waals surface area contributed by atoms with E-state index < -0.39 is 0 Å². The molecular formula is C14H22N2O3. The fourth-order valence-electron chi connectivity index (χ4n) is 1.72. The number of anilines is 1. The van der Waals surface area contributed by atoms with E-state index in [1.54, 1.807) is 31.4 Å². The van der Waals surface area contributed by atoms with E-state index in [1.165, 1.54) is 0 Å². The Morgan fingerprint density at radius 1 is 1.37 bits per heavy atom. The summed E-state index contributed by atoms with van der Waals surface area (Å²) >= 11 is 0. The Bertz CT molecular complexity index is 379. The van der Waals surface area contributed by atoms with E-state index >= 15 is 0 Å². The average Bonchev–Trinajstić information content (AvgIpc) is 2.44. The number of ether oxygens (including phenoxy) is 1. The predicted molar refractivity (Wildman–Crippen MR) is 75.4 cm³/mol. The Kier molecular flexibility index (Phi) is 6.92. The van der Waals surface area contributed by atoms with Crippen LogP contribution in [-0.2, 0) is 4.79 Å². The van der Waals surface area contributed by atoms with Crippen LogP contribution in [0.1, 0.15) is 13.3 Å². The van der Waals surface area contributed by atoms with Crippen LogP contribution < -0.4 is 10.1 Å². The third kappa shape index (κ3) is 5.72. The second kappa shape index (κ2) is 8.50. The molecule has 0 atom stereocenters. The van der Waals surface area contributed by atoms with Crippen molar-refractivity contribution in [2.45, 2.75) is 13.3 Å². The number of hydrogen-bond donors (Lipinski definition) is 2. The molecule has 1 rings (SSSR count). The highest BCUT2D eigenvalue weighted by molar-refractivity contribution is 5.92. The van der Waals surface area contributed by atoms with Crippen LogP contribution in [0.25, 0.3) is 0 Å². The highest BCUT2D eigenvalue weighted by Gasteiger charge is 2.08. The second-order valence-corrected chi connectivity index (χ2v) is 4.22. The number of aliphatic hydroxyl groups excluding tert-OH is 1. The van der Waals surface area contributed by atoms with Crippen molar-refractivity contribution in [3.8, 4) is 5.75 Å². The SMILES string of the molecule is CCN(CCCO)CC(=O)Nc1ccc(OC)cc1. The summed E-state index contributed by atoms with van der Waals surface area (Å²) in [5.41, 5.74) is 0.754.